The van der Waals surface area contributed by atoms with Crippen LogP contribution in [0.1, 0.15) is 30.1 Å². The average molecular weight is 421 g/mol. The molecule has 0 bridgehead atoms. The molecule has 0 aliphatic carbocycles. The number of rotatable bonds is 10. The van der Waals surface area contributed by atoms with Gasteiger partial charge in [-0.2, -0.15) is 0 Å². The summed E-state index contributed by atoms with van der Waals surface area (Å²) < 4.78 is 15.9. The summed E-state index contributed by atoms with van der Waals surface area (Å²) in [5, 5.41) is 5.61. The molecule has 156 valence electrons. The Morgan fingerprint density at radius 3 is 2.34 bits per heavy atom. The first-order valence-electron chi connectivity index (χ1n) is 9.21. The van der Waals surface area contributed by atoms with Gasteiger partial charge in [0.25, 0.3) is 5.91 Å². The second kappa shape index (κ2) is 11.2. The van der Waals surface area contributed by atoms with E-state index in [9.17, 15) is 9.59 Å². The molecule has 0 saturated heterocycles. The van der Waals surface area contributed by atoms with Crippen LogP contribution in [0, 0.1) is 0 Å². The van der Waals surface area contributed by atoms with Gasteiger partial charge in [-0.3, -0.25) is 9.59 Å². The lowest BCUT2D eigenvalue weighted by Crippen LogP contribution is -2.32. The lowest BCUT2D eigenvalue weighted by molar-refractivity contribution is -0.115. The Morgan fingerprint density at radius 1 is 1.03 bits per heavy atom. The molecule has 2 aromatic rings. The molecule has 0 atom stereocenters. The van der Waals surface area contributed by atoms with Crippen LogP contribution in [0.5, 0.6) is 17.2 Å². The number of hydrogen-bond acceptors (Lipinski definition) is 5. The van der Waals surface area contributed by atoms with E-state index in [0.717, 1.165) is 12.8 Å². The number of benzene rings is 2. The molecule has 0 saturated carbocycles. The Hall–Kier alpha value is -2.93. The van der Waals surface area contributed by atoms with Crippen LogP contribution >= 0.6 is 11.6 Å². The molecule has 0 radical (unpaired) electrons. The van der Waals surface area contributed by atoms with Gasteiger partial charge in [0.15, 0.2) is 0 Å². The first kappa shape index (κ1) is 22.4. The van der Waals surface area contributed by atoms with Crippen LogP contribution in [0.2, 0.25) is 5.02 Å². The Morgan fingerprint density at radius 2 is 1.72 bits per heavy atom. The van der Waals surface area contributed by atoms with Crippen molar-refractivity contribution in [1.29, 1.82) is 0 Å². The number of nitrogens with one attached hydrogen (secondary N) is 2. The largest absolute Gasteiger partial charge is 0.495 e. The zero-order valence-corrected chi connectivity index (χ0v) is 17.5. The highest BCUT2D eigenvalue weighted by Crippen LogP contribution is 2.35. The molecule has 0 aliphatic rings. The molecule has 0 aromatic heterocycles. The van der Waals surface area contributed by atoms with Crippen LogP contribution in [-0.2, 0) is 4.79 Å². The van der Waals surface area contributed by atoms with E-state index in [1.165, 1.54) is 14.2 Å². The number of amides is 2. The number of carbonyl (C=O) groups is 2. The minimum absolute atomic E-state index is 0.207. The lowest BCUT2D eigenvalue weighted by atomic mass is 10.2. The Kier molecular flexibility index (Phi) is 8.61. The number of anilines is 1. The summed E-state index contributed by atoms with van der Waals surface area (Å²) in [6.45, 7) is 2.52. The molecular weight excluding hydrogens is 396 g/mol. The van der Waals surface area contributed by atoms with E-state index in [1.54, 1.807) is 36.4 Å². The van der Waals surface area contributed by atoms with E-state index in [4.69, 9.17) is 25.8 Å². The van der Waals surface area contributed by atoms with Gasteiger partial charge in [-0.15, -0.1) is 0 Å². The highest BCUT2D eigenvalue weighted by atomic mass is 35.5. The van der Waals surface area contributed by atoms with E-state index < -0.39 is 5.91 Å². The molecule has 2 amide bonds. The normalized spacial score (nSPS) is 10.2. The van der Waals surface area contributed by atoms with Gasteiger partial charge in [0, 0.05) is 17.7 Å². The minimum Gasteiger partial charge on any atom is -0.495 e. The molecule has 29 heavy (non-hydrogen) atoms. The molecular formula is C21H25ClN2O5. The fourth-order valence-electron chi connectivity index (χ4n) is 2.45. The van der Waals surface area contributed by atoms with Crippen molar-refractivity contribution in [3.8, 4) is 17.2 Å². The second-order valence-electron chi connectivity index (χ2n) is 6.14. The number of methoxy groups -OCH3 is 2. The number of ether oxygens (including phenoxy) is 3. The number of unbranched alkanes of at least 4 members (excludes halogenated alkanes) is 1. The third-order valence-corrected chi connectivity index (χ3v) is 4.34. The zero-order valence-electron chi connectivity index (χ0n) is 16.7. The Bertz CT molecular complexity index is 840. The summed E-state index contributed by atoms with van der Waals surface area (Å²) in [4.78, 5) is 24.5. The van der Waals surface area contributed by atoms with Crippen LogP contribution < -0.4 is 24.8 Å². The lowest BCUT2D eigenvalue weighted by Gasteiger charge is -2.13. The van der Waals surface area contributed by atoms with Gasteiger partial charge in [-0.05, 0) is 30.7 Å². The predicted octanol–water partition coefficient (Wildman–Crippen LogP) is 3.90. The molecule has 7 nitrogen and oxygen atoms in total. The fraction of sp³-hybridized carbons (Fsp3) is 0.333. The molecule has 0 unspecified atom stereocenters. The zero-order chi connectivity index (χ0) is 21.2. The van der Waals surface area contributed by atoms with Gasteiger partial charge in [-0.25, -0.2) is 0 Å². The van der Waals surface area contributed by atoms with Gasteiger partial charge >= 0.3 is 0 Å². The van der Waals surface area contributed by atoms with Crippen LogP contribution in [0.25, 0.3) is 0 Å². The Labute approximate surface area is 175 Å². The topological polar surface area (TPSA) is 85.9 Å². The van der Waals surface area contributed by atoms with Crippen molar-refractivity contribution < 1.29 is 23.8 Å². The summed E-state index contributed by atoms with van der Waals surface area (Å²) in [5.74, 6) is 0.708. The maximum absolute atomic E-state index is 12.2. The maximum Gasteiger partial charge on any atom is 0.251 e. The van der Waals surface area contributed by atoms with Gasteiger partial charge in [0.05, 0.1) is 38.1 Å². The van der Waals surface area contributed by atoms with E-state index in [1.807, 2.05) is 0 Å². The summed E-state index contributed by atoms with van der Waals surface area (Å²) in [6, 6.07) is 9.87. The monoisotopic (exact) mass is 420 g/mol. The third kappa shape index (κ3) is 6.57. The van der Waals surface area contributed by atoms with E-state index in [-0.39, 0.29) is 12.5 Å². The highest BCUT2D eigenvalue weighted by molar-refractivity contribution is 6.32. The summed E-state index contributed by atoms with van der Waals surface area (Å²) in [5.41, 5.74) is 0.827. The molecule has 2 rings (SSSR count). The molecule has 2 N–H and O–H groups in total. The summed E-state index contributed by atoms with van der Waals surface area (Å²) >= 11 is 6.05. The van der Waals surface area contributed by atoms with E-state index in [0.29, 0.717) is 40.1 Å². The standard InChI is InChI=1S/C21H25ClN2O5/c1-4-5-10-29-15-8-6-14(7-9-15)21(26)23-13-20(25)24-17-12-18(27-2)16(22)11-19(17)28-3/h6-9,11-12H,4-5,10,13H2,1-3H3,(H,23,26)(H,24,25). The van der Waals surface area contributed by atoms with Crippen molar-refractivity contribution in [3.63, 3.8) is 0 Å². The molecule has 0 aliphatic heterocycles. The number of halogens is 1. The first-order chi connectivity index (χ1) is 14.0. The van der Waals surface area contributed by atoms with Crippen LogP contribution in [0.15, 0.2) is 36.4 Å². The second-order valence-corrected chi connectivity index (χ2v) is 6.55. The number of carbonyl (C=O) groups excluding carboxylic acids is 2. The SMILES string of the molecule is CCCCOc1ccc(C(=O)NCC(=O)Nc2cc(OC)c(Cl)cc2OC)cc1. The molecule has 0 fully saturated rings. The van der Waals surface area contributed by atoms with Crippen molar-refractivity contribution in [2.24, 2.45) is 0 Å². The quantitative estimate of drug-likeness (QED) is 0.569. The first-order valence-corrected chi connectivity index (χ1v) is 9.58. The fourth-order valence-corrected chi connectivity index (χ4v) is 2.68. The molecule has 2 aromatic carbocycles. The van der Waals surface area contributed by atoms with Crippen LogP contribution in [0.4, 0.5) is 5.69 Å². The van der Waals surface area contributed by atoms with Gasteiger partial charge in [0.2, 0.25) is 5.91 Å². The summed E-state index contributed by atoms with van der Waals surface area (Å²) in [7, 11) is 2.94. The van der Waals surface area contributed by atoms with E-state index >= 15 is 0 Å². The summed E-state index contributed by atoms with van der Waals surface area (Å²) in [6.07, 6.45) is 2.03. The predicted molar refractivity (Wildman–Crippen MR) is 112 cm³/mol. The van der Waals surface area contributed by atoms with E-state index in [2.05, 4.69) is 17.6 Å². The average Bonchev–Trinajstić information content (AvgIpc) is 2.73. The molecule has 0 heterocycles. The highest BCUT2D eigenvalue weighted by Gasteiger charge is 2.14. The van der Waals surface area contributed by atoms with Crippen molar-refractivity contribution in [3.05, 3.63) is 47.0 Å². The van der Waals surface area contributed by atoms with Gasteiger partial charge < -0.3 is 24.8 Å². The minimum atomic E-state index is -0.416. The molecule has 0 spiro atoms. The third-order valence-electron chi connectivity index (χ3n) is 4.04. The van der Waals surface area contributed by atoms with Crippen molar-refractivity contribution in [1.82, 2.24) is 5.32 Å². The van der Waals surface area contributed by atoms with Gasteiger partial charge in [-0.1, -0.05) is 24.9 Å². The van der Waals surface area contributed by atoms with Gasteiger partial charge in [0.1, 0.15) is 17.2 Å². The maximum atomic E-state index is 12.2. The number of hydrogen-bond donors (Lipinski definition) is 2. The smallest absolute Gasteiger partial charge is 0.251 e. The van der Waals surface area contributed by atoms with Crippen molar-refractivity contribution in [2.75, 3.05) is 32.7 Å². The van der Waals surface area contributed by atoms with Crippen molar-refractivity contribution >= 4 is 29.1 Å². The van der Waals surface area contributed by atoms with Crippen LogP contribution in [0.3, 0.4) is 0 Å². The Balaban J connectivity index is 1.91. The molecule has 8 heteroatoms. The van der Waals surface area contributed by atoms with Crippen molar-refractivity contribution in [2.45, 2.75) is 19.8 Å². The van der Waals surface area contributed by atoms with Crippen LogP contribution in [-0.4, -0.2) is 39.2 Å².